The van der Waals surface area contributed by atoms with Crippen LogP contribution in [0, 0.1) is 0 Å². The maximum absolute atomic E-state index is 12.6. The van der Waals surface area contributed by atoms with E-state index in [-0.39, 0.29) is 0 Å². The van der Waals surface area contributed by atoms with Crippen molar-refractivity contribution in [3.63, 3.8) is 0 Å². The van der Waals surface area contributed by atoms with Gasteiger partial charge in [-0.15, -0.1) is 0 Å². The van der Waals surface area contributed by atoms with E-state index in [0.29, 0.717) is 43.5 Å². The number of para-hydroxylation sites is 2. The van der Waals surface area contributed by atoms with Crippen molar-refractivity contribution in [2.75, 3.05) is 26.2 Å². The van der Waals surface area contributed by atoms with E-state index in [0.717, 1.165) is 11.1 Å². The molecule has 1 fully saturated rings. The fourth-order valence-corrected chi connectivity index (χ4v) is 4.49. The molecule has 0 atom stereocenters. The summed E-state index contributed by atoms with van der Waals surface area (Å²) >= 11 is 0. The molecule has 0 bridgehead atoms. The fraction of sp³-hybridized carbons (Fsp3) is 0.278. The van der Waals surface area contributed by atoms with Crippen molar-refractivity contribution in [1.29, 1.82) is 0 Å². The Kier molecular flexibility index (Phi) is 4.29. The number of piperazine rings is 1. The van der Waals surface area contributed by atoms with Gasteiger partial charge in [0.2, 0.25) is 15.9 Å². The van der Waals surface area contributed by atoms with Crippen molar-refractivity contribution < 1.29 is 12.8 Å². The van der Waals surface area contributed by atoms with Crippen LogP contribution in [0.2, 0.25) is 0 Å². The van der Waals surface area contributed by atoms with Gasteiger partial charge in [0.15, 0.2) is 5.58 Å². The Labute approximate surface area is 146 Å². The van der Waals surface area contributed by atoms with Crippen molar-refractivity contribution in [3.05, 3.63) is 60.5 Å². The summed E-state index contributed by atoms with van der Waals surface area (Å²) in [7, 11) is -3.41. The predicted octanol–water partition coefficient (Wildman–Crippen LogP) is 2.33. The number of nitrogens with zero attached hydrogens (tertiary/aromatic N) is 3. The summed E-state index contributed by atoms with van der Waals surface area (Å²) in [5, 5.41) is 0. The molecule has 1 aliphatic rings. The largest absolute Gasteiger partial charge is 0.439 e. The summed E-state index contributed by atoms with van der Waals surface area (Å²) in [6.07, 6.45) is 0. The predicted molar refractivity (Wildman–Crippen MR) is 94.5 cm³/mol. The van der Waals surface area contributed by atoms with E-state index in [4.69, 9.17) is 4.42 Å². The number of hydrogen-bond donors (Lipinski definition) is 0. The average Bonchev–Trinajstić information content (AvgIpc) is 3.05. The first-order valence-corrected chi connectivity index (χ1v) is 9.69. The van der Waals surface area contributed by atoms with E-state index in [1.807, 2.05) is 30.3 Å². The van der Waals surface area contributed by atoms with Crippen LogP contribution in [0.4, 0.5) is 0 Å². The number of rotatable bonds is 4. The van der Waals surface area contributed by atoms with Gasteiger partial charge < -0.3 is 4.42 Å². The second kappa shape index (κ2) is 6.59. The van der Waals surface area contributed by atoms with E-state index in [2.05, 4.69) is 9.88 Å². The summed E-state index contributed by atoms with van der Waals surface area (Å²) in [5.74, 6) is 0.667. The van der Waals surface area contributed by atoms with Crippen LogP contribution in [0.1, 0.15) is 5.89 Å². The fourth-order valence-electron chi connectivity index (χ4n) is 3.05. The molecule has 6 nitrogen and oxygen atoms in total. The van der Waals surface area contributed by atoms with E-state index < -0.39 is 10.0 Å². The highest BCUT2D eigenvalue weighted by Gasteiger charge is 2.28. The first kappa shape index (κ1) is 16.3. The molecule has 1 aromatic heterocycles. The van der Waals surface area contributed by atoms with Crippen LogP contribution < -0.4 is 0 Å². The zero-order chi connectivity index (χ0) is 17.3. The lowest BCUT2D eigenvalue weighted by atomic mass is 10.3. The quantitative estimate of drug-likeness (QED) is 0.717. The molecule has 0 aliphatic carbocycles. The zero-order valence-corrected chi connectivity index (χ0v) is 14.5. The topological polar surface area (TPSA) is 66.7 Å². The monoisotopic (exact) mass is 357 g/mol. The minimum absolute atomic E-state index is 0.349. The van der Waals surface area contributed by atoms with Crippen LogP contribution in [0.5, 0.6) is 0 Å². The van der Waals surface area contributed by atoms with E-state index >= 15 is 0 Å². The molecular formula is C18H19N3O3S. The van der Waals surface area contributed by atoms with Crippen LogP contribution in [0.15, 0.2) is 63.9 Å². The van der Waals surface area contributed by atoms with Gasteiger partial charge in [0.25, 0.3) is 0 Å². The first-order chi connectivity index (χ1) is 12.1. The number of fused-ring (bicyclic) bond motifs is 1. The molecule has 0 saturated carbocycles. The number of hydrogen-bond acceptors (Lipinski definition) is 5. The van der Waals surface area contributed by atoms with Crippen molar-refractivity contribution in [3.8, 4) is 0 Å². The summed E-state index contributed by atoms with van der Waals surface area (Å²) in [6, 6.07) is 16.3. The Hall–Kier alpha value is -2.22. The molecule has 4 rings (SSSR count). The van der Waals surface area contributed by atoms with E-state index in [9.17, 15) is 8.42 Å². The van der Waals surface area contributed by atoms with Gasteiger partial charge in [0, 0.05) is 26.2 Å². The smallest absolute Gasteiger partial charge is 0.243 e. The molecule has 1 aliphatic heterocycles. The van der Waals surface area contributed by atoms with Gasteiger partial charge in [-0.3, -0.25) is 4.90 Å². The molecule has 25 heavy (non-hydrogen) atoms. The normalized spacial score (nSPS) is 17.1. The minimum atomic E-state index is -3.41. The average molecular weight is 357 g/mol. The highest BCUT2D eigenvalue weighted by Crippen LogP contribution is 2.19. The van der Waals surface area contributed by atoms with Crippen LogP contribution in [-0.4, -0.2) is 48.8 Å². The lowest BCUT2D eigenvalue weighted by Gasteiger charge is -2.33. The van der Waals surface area contributed by atoms with Gasteiger partial charge in [-0.1, -0.05) is 30.3 Å². The highest BCUT2D eigenvalue weighted by molar-refractivity contribution is 7.89. The lowest BCUT2D eigenvalue weighted by Crippen LogP contribution is -2.48. The Morgan fingerprint density at radius 2 is 1.60 bits per heavy atom. The molecule has 1 saturated heterocycles. The summed E-state index contributed by atoms with van der Waals surface area (Å²) in [5.41, 5.74) is 1.63. The highest BCUT2D eigenvalue weighted by atomic mass is 32.2. The Bertz CT molecular complexity index is 928. The molecular weight excluding hydrogens is 338 g/mol. The standard InChI is InChI=1S/C18H19N3O3S/c22-25(23,15-6-2-1-3-7-15)21-12-10-20(11-13-21)14-18-19-16-8-4-5-9-17(16)24-18/h1-9H,10-14H2. The second-order valence-electron chi connectivity index (χ2n) is 6.07. The van der Waals surface area contributed by atoms with Crippen LogP contribution in [0.3, 0.4) is 0 Å². The Balaban J connectivity index is 1.41. The van der Waals surface area contributed by atoms with Gasteiger partial charge in [-0.25, -0.2) is 13.4 Å². The lowest BCUT2D eigenvalue weighted by molar-refractivity contribution is 0.169. The molecule has 7 heteroatoms. The summed E-state index contributed by atoms with van der Waals surface area (Å²) in [6.45, 7) is 2.85. The maximum Gasteiger partial charge on any atom is 0.243 e. The number of sulfonamides is 1. The summed E-state index contributed by atoms with van der Waals surface area (Å²) in [4.78, 5) is 7.00. The minimum Gasteiger partial charge on any atom is -0.439 e. The van der Waals surface area contributed by atoms with Crippen LogP contribution in [0.25, 0.3) is 11.1 Å². The molecule has 3 aromatic rings. The van der Waals surface area contributed by atoms with Crippen molar-refractivity contribution >= 4 is 21.1 Å². The Morgan fingerprint density at radius 1 is 0.920 bits per heavy atom. The number of benzene rings is 2. The first-order valence-electron chi connectivity index (χ1n) is 8.25. The second-order valence-corrected chi connectivity index (χ2v) is 8.01. The zero-order valence-electron chi connectivity index (χ0n) is 13.7. The van der Waals surface area contributed by atoms with Crippen LogP contribution in [-0.2, 0) is 16.6 Å². The molecule has 0 spiro atoms. The third-order valence-corrected chi connectivity index (χ3v) is 6.32. The van der Waals surface area contributed by atoms with Gasteiger partial charge >= 0.3 is 0 Å². The van der Waals surface area contributed by atoms with Gasteiger partial charge in [0.05, 0.1) is 11.4 Å². The van der Waals surface area contributed by atoms with Gasteiger partial charge in [-0.05, 0) is 24.3 Å². The Morgan fingerprint density at radius 3 is 2.32 bits per heavy atom. The molecule has 0 unspecified atom stereocenters. The molecule has 2 heterocycles. The third kappa shape index (κ3) is 3.30. The van der Waals surface area contributed by atoms with Gasteiger partial charge in [0.1, 0.15) is 5.52 Å². The SMILES string of the molecule is O=S(=O)(c1ccccc1)N1CCN(Cc2nc3ccccc3o2)CC1. The van der Waals surface area contributed by atoms with Crippen LogP contribution >= 0.6 is 0 Å². The molecule has 0 N–H and O–H groups in total. The number of oxazole rings is 1. The molecule has 0 radical (unpaired) electrons. The van der Waals surface area contributed by atoms with Crippen molar-refractivity contribution in [1.82, 2.24) is 14.2 Å². The van der Waals surface area contributed by atoms with Gasteiger partial charge in [-0.2, -0.15) is 4.31 Å². The maximum atomic E-state index is 12.6. The van der Waals surface area contributed by atoms with Crippen molar-refractivity contribution in [2.24, 2.45) is 0 Å². The third-order valence-electron chi connectivity index (χ3n) is 4.41. The van der Waals surface area contributed by atoms with E-state index in [1.54, 1.807) is 28.6 Å². The number of aromatic nitrogens is 1. The molecule has 0 amide bonds. The van der Waals surface area contributed by atoms with E-state index in [1.165, 1.54) is 0 Å². The molecule has 130 valence electrons. The van der Waals surface area contributed by atoms with Crippen molar-refractivity contribution in [2.45, 2.75) is 11.4 Å². The summed E-state index contributed by atoms with van der Waals surface area (Å²) < 4.78 is 32.6. The molecule has 2 aromatic carbocycles.